The molecule has 1 aromatic heterocycles. The number of Topliss-reactive ketones (excluding diaryl/α,β-unsaturated/α-hetero) is 1. The molecule has 8 heteroatoms. The van der Waals surface area contributed by atoms with E-state index in [1.54, 1.807) is 0 Å². The summed E-state index contributed by atoms with van der Waals surface area (Å²) in [4.78, 5) is 20.3. The number of rotatable bonds is 19. The van der Waals surface area contributed by atoms with Gasteiger partial charge in [-0.25, -0.2) is 0 Å². The van der Waals surface area contributed by atoms with Gasteiger partial charge >= 0.3 is 0 Å². The van der Waals surface area contributed by atoms with Gasteiger partial charge in [0.25, 0.3) is 0 Å². The van der Waals surface area contributed by atoms with Crippen LogP contribution in [-0.2, 0) is 25.5 Å². The zero-order valence-corrected chi connectivity index (χ0v) is 29.5. The Morgan fingerprint density at radius 1 is 1.05 bits per heavy atom. The fourth-order valence-electron chi connectivity index (χ4n) is 6.23. The van der Waals surface area contributed by atoms with E-state index in [1.165, 1.54) is 0 Å². The molecule has 0 fully saturated rings. The van der Waals surface area contributed by atoms with E-state index in [1.807, 2.05) is 36.5 Å². The van der Waals surface area contributed by atoms with Crippen molar-refractivity contribution in [3.8, 4) is 0 Å². The van der Waals surface area contributed by atoms with Gasteiger partial charge in [0.2, 0.25) is 0 Å². The number of carbonyl (C=O) groups excluding carboxylic acids is 1. The molecule has 0 spiro atoms. The fraction of sp³-hybridized carbons (Fsp3) is 0.647. The monoisotopic (exact) mass is 612 g/mol. The number of ketones is 1. The third-order valence-corrected chi connectivity index (χ3v) is 15.4. The zero-order valence-electron chi connectivity index (χ0n) is 27.5. The lowest BCUT2D eigenvalue weighted by atomic mass is 9.76. The van der Waals surface area contributed by atoms with E-state index < -0.39 is 22.5 Å². The van der Waals surface area contributed by atoms with E-state index in [0.717, 1.165) is 67.0 Å². The molecular weight excluding hydrogens is 557 g/mol. The normalized spacial score (nSPS) is 17.9. The highest BCUT2D eigenvalue weighted by atomic mass is 28.4. The number of oxime groups is 1. The summed E-state index contributed by atoms with van der Waals surface area (Å²) < 4.78 is 14.9. The van der Waals surface area contributed by atoms with Crippen molar-refractivity contribution in [1.82, 2.24) is 4.57 Å². The molecule has 4 atom stereocenters. The van der Waals surface area contributed by atoms with Crippen LogP contribution in [0.1, 0.15) is 77.5 Å². The van der Waals surface area contributed by atoms with E-state index in [2.05, 4.69) is 76.1 Å². The van der Waals surface area contributed by atoms with Crippen molar-refractivity contribution < 1.29 is 18.8 Å². The van der Waals surface area contributed by atoms with E-state index in [9.17, 15) is 4.79 Å². The lowest BCUT2D eigenvalue weighted by Crippen LogP contribution is -2.40. The molecule has 0 saturated heterocycles. The topological polar surface area (TPSA) is 62.0 Å². The van der Waals surface area contributed by atoms with Crippen LogP contribution in [0.15, 0.2) is 53.8 Å². The van der Waals surface area contributed by atoms with Crippen LogP contribution in [0, 0.1) is 5.92 Å². The highest BCUT2D eigenvalue weighted by molar-refractivity contribution is 6.76. The van der Waals surface area contributed by atoms with Crippen LogP contribution in [0.3, 0.4) is 0 Å². The average molecular weight is 613 g/mol. The molecule has 1 aliphatic rings. The van der Waals surface area contributed by atoms with E-state index in [-0.39, 0.29) is 23.7 Å². The quantitative estimate of drug-likeness (QED) is 0.117. The first-order chi connectivity index (χ1) is 20.1. The molecule has 0 N–H and O–H groups in total. The van der Waals surface area contributed by atoms with Crippen LogP contribution in [0.2, 0.25) is 43.8 Å². The summed E-state index contributed by atoms with van der Waals surface area (Å²) >= 11 is 0. The van der Waals surface area contributed by atoms with Gasteiger partial charge in [0.1, 0.15) is 12.4 Å². The predicted octanol–water partition coefficient (Wildman–Crippen LogP) is 8.86. The number of carbonyl (C=O) groups is 1. The molecule has 0 amide bonds. The molecule has 234 valence electrons. The van der Waals surface area contributed by atoms with Crippen LogP contribution in [0.4, 0.5) is 0 Å². The van der Waals surface area contributed by atoms with Crippen LogP contribution in [0.25, 0.3) is 0 Å². The summed E-state index contributed by atoms with van der Waals surface area (Å²) in [5, 5.41) is 4.44. The predicted molar refractivity (Wildman–Crippen MR) is 180 cm³/mol. The molecule has 0 saturated carbocycles. The molecule has 0 unspecified atom stereocenters. The van der Waals surface area contributed by atoms with Gasteiger partial charge in [-0.2, -0.15) is 0 Å². The second-order valence-corrected chi connectivity index (χ2v) is 23.6. The van der Waals surface area contributed by atoms with Crippen molar-refractivity contribution >= 4 is 27.9 Å². The van der Waals surface area contributed by atoms with Gasteiger partial charge in [-0.05, 0) is 67.6 Å². The average Bonchev–Trinajstić information content (AvgIpc) is 3.64. The second kappa shape index (κ2) is 16.2. The Hall–Kier alpha value is -2.01. The van der Waals surface area contributed by atoms with Gasteiger partial charge in [-0.3, -0.25) is 4.79 Å². The van der Waals surface area contributed by atoms with Gasteiger partial charge in [-0.15, -0.1) is 0 Å². The van der Waals surface area contributed by atoms with Gasteiger partial charge in [0.15, 0.2) is 20.2 Å². The number of benzene rings is 1. The number of hydrogen-bond donors (Lipinski definition) is 0. The smallest absolute Gasteiger partial charge is 0.192 e. The molecule has 2 aromatic rings. The van der Waals surface area contributed by atoms with Gasteiger partial charge in [0.05, 0.1) is 5.69 Å². The first-order valence-corrected chi connectivity index (χ1v) is 22.5. The Morgan fingerprint density at radius 3 is 2.36 bits per heavy atom. The van der Waals surface area contributed by atoms with Crippen LogP contribution < -0.4 is 0 Å². The molecular formula is C34H56N2O4Si2. The summed E-state index contributed by atoms with van der Waals surface area (Å²) in [7, 11) is -2.89. The standard InChI is InChI=1S/C34H56N2O4Si2/c1-9-17-29(24-27(5)40-42(10-2,11-3)12-4)33(28-18-14-13-15-19-28)34(37)32-25-30(35-39-32)31-20-16-21-36(31)26-38-22-23-41(6,7)8/h13-16,18-21,27,29,32-33H,9-12,17,22-26H2,1-8H3/t27-,29-,32-,33+/m0/s1. The Kier molecular flexibility index (Phi) is 13.3. The van der Waals surface area contributed by atoms with Crippen molar-refractivity contribution in [3.05, 3.63) is 59.9 Å². The van der Waals surface area contributed by atoms with Gasteiger partial charge in [-0.1, -0.05) is 89.2 Å². The van der Waals surface area contributed by atoms with Crippen LogP contribution in [0.5, 0.6) is 0 Å². The molecule has 2 heterocycles. The van der Waals surface area contributed by atoms with Crippen LogP contribution in [-0.4, -0.2) is 51.3 Å². The number of nitrogens with zero attached hydrogens (tertiary/aromatic N) is 2. The summed E-state index contributed by atoms with van der Waals surface area (Å²) in [6, 6.07) is 18.8. The molecule has 6 nitrogen and oxygen atoms in total. The maximum Gasteiger partial charge on any atom is 0.192 e. The van der Waals surface area contributed by atoms with E-state index >= 15 is 0 Å². The highest BCUT2D eigenvalue weighted by Gasteiger charge is 2.40. The van der Waals surface area contributed by atoms with Crippen molar-refractivity contribution in [2.24, 2.45) is 11.1 Å². The molecule has 1 aromatic carbocycles. The lowest BCUT2D eigenvalue weighted by Gasteiger charge is -2.35. The van der Waals surface area contributed by atoms with Crippen LogP contribution >= 0.6 is 0 Å². The molecule has 0 radical (unpaired) electrons. The molecule has 3 rings (SSSR count). The van der Waals surface area contributed by atoms with Crippen molar-refractivity contribution in [2.75, 3.05) is 6.61 Å². The van der Waals surface area contributed by atoms with Gasteiger partial charge in [0, 0.05) is 39.3 Å². The molecule has 0 bridgehead atoms. The number of aromatic nitrogens is 1. The number of ether oxygens (including phenoxy) is 1. The maximum absolute atomic E-state index is 14.3. The van der Waals surface area contributed by atoms with E-state index in [4.69, 9.17) is 14.0 Å². The lowest BCUT2D eigenvalue weighted by molar-refractivity contribution is -0.132. The van der Waals surface area contributed by atoms with E-state index in [0.29, 0.717) is 13.2 Å². The zero-order chi connectivity index (χ0) is 30.8. The van der Waals surface area contributed by atoms with Crippen molar-refractivity contribution in [3.63, 3.8) is 0 Å². The SMILES string of the molecule is CCC[C@@H](C[C@H](C)O[Si](CC)(CC)CC)[C@H](C(=O)[C@@H]1CC(c2cccn2COCC[Si](C)(C)C)=NO1)c1ccccc1. The summed E-state index contributed by atoms with van der Waals surface area (Å²) in [6.07, 6.45) is 4.87. The second-order valence-electron chi connectivity index (χ2n) is 13.3. The first kappa shape index (κ1) is 34.5. The van der Waals surface area contributed by atoms with Crippen molar-refractivity contribution in [2.45, 2.75) is 129 Å². The van der Waals surface area contributed by atoms with Crippen molar-refractivity contribution in [1.29, 1.82) is 0 Å². The molecule has 0 aliphatic carbocycles. The summed E-state index contributed by atoms with van der Waals surface area (Å²) in [5.41, 5.74) is 2.84. The number of hydrogen-bond acceptors (Lipinski definition) is 5. The third kappa shape index (κ3) is 9.50. The Bertz CT molecular complexity index is 1120. The third-order valence-electron chi connectivity index (χ3n) is 8.95. The first-order valence-electron chi connectivity index (χ1n) is 16.3. The minimum atomic E-state index is -1.74. The largest absolute Gasteiger partial charge is 0.414 e. The molecule has 42 heavy (non-hydrogen) atoms. The molecule has 1 aliphatic heterocycles. The summed E-state index contributed by atoms with van der Waals surface area (Å²) in [6.45, 7) is 19.6. The van der Waals surface area contributed by atoms with Gasteiger partial charge < -0.3 is 18.6 Å². The minimum absolute atomic E-state index is 0.118. The maximum atomic E-state index is 14.3. The Morgan fingerprint density at radius 2 is 1.74 bits per heavy atom. The minimum Gasteiger partial charge on any atom is -0.414 e. The Balaban J connectivity index is 1.76. The Labute approximate surface area is 257 Å². The summed E-state index contributed by atoms with van der Waals surface area (Å²) in [5.74, 6) is 0.0444. The highest BCUT2D eigenvalue weighted by Crippen LogP contribution is 2.37. The fourth-order valence-corrected chi connectivity index (χ4v) is 9.94.